The molecule has 3 aromatic heterocycles. The number of aromatic nitrogens is 5. The fourth-order valence-electron chi connectivity index (χ4n) is 4.59. The number of carbonyl (C=O) groups excluding carboxylic acids is 2. The molecule has 0 saturated heterocycles. The number of rotatable bonds is 6. The number of nitrogens with zero attached hydrogens (tertiary/aromatic N) is 7. The van der Waals surface area contributed by atoms with Crippen LogP contribution in [0, 0.1) is 23.7 Å². The standard InChI is InChI=1S/C24H23N9O2S3/c1-12-29-30-21(37-12)28-17(35)11-36-23-32-31-22(38-23)33-15-7-24(2,3)8-16(34)19(15)18(14(9-25)20(33)26)13-5-4-6-27-10-13/h4-6,10,18H,7-8,11,26H2,1-3H3,(H,28,30,35). The minimum atomic E-state index is -0.599. The van der Waals surface area contributed by atoms with Crippen molar-refractivity contribution in [3.05, 3.63) is 57.8 Å². The Morgan fingerprint density at radius 3 is 2.79 bits per heavy atom. The first kappa shape index (κ1) is 26.0. The van der Waals surface area contributed by atoms with Crippen LogP contribution >= 0.6 is 34.4 Å². The van der Waals surface area contributed by atoms with Crippen molar-refractivity contribution in [2.24, 2.45) is 11.1 Å². The van der Waals surface area contributed by atoms with Gasteiger partial charge in [-0.1, -0.05) is 54.3 Å². The number of hydrogen-bond acceptors (Lipinski definition) is 13. The number of allylic oxidation sites excluding steroid dienone is 3. The van der Waals surface area contributed by atoms with Crippen LogP contribution in [0.2, 0.25) is 0 Å². The second kappa shape index (κ2) is 10.2. The van der Waals surface area contributed by atoms with Gasteiger partial charge in [0.1, 0.15) is 10.8 Å². The third kappa shape index (κ3) is 5.04. The molecule has 11 nitrogen and oxygen atoms in total. The van der Waals surface area contributed by atoms with Gasteiger partial charge < -0.3 is 5.73 Å². The molecule has 4 heterocycles. The maximum atomic E-state index is 13.5. The average molecular weight is 566 g/mol. The zero-order valence-corrected chi connectivity index (χ0v) is 23.2. The quantitative estimate of drug-likeness (QED) is 0.418. The van der Waals surface area contributed by atoms with Crippen molar-refractivity contribution in [1.29, 1.82) is 5.26 Å². The van der Waals surface area contributed by atoms with Gasteiger partial charge in [-0.05, 0) is 30.4 Å². The summed E-state index contributed by atoms with van der Waals surface area (Å²) in [5, 5.41) is 30.8. The molecule has 0 aromatic carbocycles. The molecule has 3 N–H and O–H groups in total. The molecular weight excluding hydrogens is 543 g/mol. The Balaban J connectivity index is 1.47. The maximum absolute atomic E-state index is 13.5. The number of Topliss-reactive ketones (excluding diaryl/α,β-unsaturated/α-hetero) is 1. The van der Waals surface area contributed by atoms with Crippen LogP contribution in [0.15, 0.2) is 51.5 Å². The van der Waals surface area contributed by atoms with Crippen LogP contribution in [0.4, 0.5) is 10.3 Å². The summed E-state index contributed by atoms with van der Waals surface area (Å²) in [5.74, 6) is -0.556. The van der Waals surface area contributed by atoms with E-state index < -0.39 is 5.92 Å². The van der Waals surface area contributed by atoms with Crippen molar-refractivity contribution < 1.29 is 9.59 Å². The van der Waals surface area contributed by atoms with E-state index in [4.69, 9.17) is 5.73 Å². The van der Waals surface area contributed by atoms with Gasteiger partial charge in [0.15, 0.2) is 10.1 Å². The third-order valence-electron chi connectivity index (χ3n) is 6.08. The molecule has 0 bridgehead atoms. The summed E-state index contributed by atoms with van der Waals surface area (Å²) < 4.78 is 0.549. The second-order valence-corrected chi connectivity index (χ2v) is 12.9. The average Bonchev–Trinajstić information content (AvgIpc) is 3.50. The van der Waals surface area contributed by atoms with E-state index in [0.717, 1.165) is 10.6 Å². The van der Waals surface area contributed by atoms with Gasteiger partial charge in [-0.3, -0.25) is 24.8 Å². The van der Waals surface area contributed by atoms with Crippen LogP contribution in [-0.4, -0.2) is 42.8 Å². The number of nitriles is 1. The topological polar surface area (TPSA) is 164 Å². The van der Waals surface area contributed by atoms with Gasteiger partial charge in [-0.2, -0.15) is 5.26 Å². The van der Waals surface area contributed by atoms with Gasteiger partial charge in [0, 0.05) is 30.1 Å². The number of thioether (sulfide) groups is 1. The fourth-order valence-corrected chi connectivity index (χ4v) is 6.88. The van der Waals surface area contributed by atoms with Gasteiger partial charge in [0.05, 0.1) is 23.3 Å². The van der Waals surface area contributed by atoms with Crippen LogP contribution in [0.5, 0.6) is 0 Å². The Labute approximate surface area is 230 Å². The number of carbonyl (C=O) groups is 2. The number of nitrogens with one attached hydrogen (secondary N) is 1. The first-order valence-corrected chi connectivity index (χ1v) is 14.2. The summed E-state index contributed by atoms with van der Waals surface area (Å²) in [6.45, 7) is 5.88. The summed E-state index contributed by atoms with van der Waals surface area (Å²) >= 11 is 3.76. The molecule has 1 amide bonds. The Morgan fingerprint density at radius 1 is 1.29 bits per heavy atom. The van der Waals surface area contributed by atoms with Crippen molar-refractivity contribution in [3.8, 4) is 6.07 Å². The molecule has 0 fully saturated rings. The molecule has 1 aliphatic carbocycles. The van der Waals surface area contributed by atoms with Gasteiger partial charge in [0.25, 0.3) is 0 Å². The predicted molar refractivity (Wildman–Crippen MR) is 145 cm³/mol. The minimum Gasteiger partial charge on any atom is -0.384 e. The highest BCUT2D eigenvalue weighted by Gasteiger charge is 2.45. The lowest BCUT2D eigenvalue weighted by Crippen LogP contribution is -2.42. The summed E-state index contributed by atoms with van der Waals surface area (Å²) in [6, 6.07) is 5.86. The summed E-state index contributed by atoms with van der Waals surface area (Å²) in [4.78, 5) is 31.8. The summed E-state index contributed by atoms with van der Waals surface area (Å²) in [5.41, 5.74) is 8.58. The summed E-state index contributed by atoms with van der Waals surface area (Å²) in [6.07, 6.45) is 4.23. The Kier molecular flexibility index (Phi) is 6.99. The first-order chi connectivity index (χ1) is 18.2. The molecule has 38 heavy (non-hydrogen) atoms. The largest absolute Gasteiger partial charge is 0.384 e. The first-order valence-electron chi connectivity index (χ1n) is 11.6. The van der Waals surface area contributed by atoms with E-state index in [0.29, 0.717) is 38.7 Å². The van der Waals surface area contributed by atoms with Crippen molar-refractivity contribution >= 4 is 56.4 Å². The van der Waals surface area contributed by atoms with Crippen LogP contribution in [0.3, 0.4) is 0 Å². The lowest BCUT2D eigenvalue weighted by Gasteiger charge is -2.42. The van der Waals surface area contributed by atoms with Crippen LogP contribution in [-0.2, 0) is 9.59 Å². The number of ketones is 1. The number of hydrogen-bond donors (Lipinski definition) is 2. The van der Waals surface area contributed by atoms with Crippen molar-refractivity contribution in [2.45, 2.75) is 43.9 Å². The van der Waals surface area contributed by atoms with Gasteiger partial charge in [0.2, 0.25) is 16.2 Å². The van der Waals surface area contributed by atoms with E-state index in [-0.39, 0.29) is 34.3 Å². The van der Waals surface area contributed by atoms with Crippen LogP contribution < -0.4 is 16.0 Å². The highest BCUT2D eigenvalue weighted by Crippen LogP contribution is 2.50. The maximum Gasteiger partial charge on any atom is 0.236 e. The molecule has 3 aromatic rings. The van der Waals surface area contributed by atoms with E-state index >= 15 is 0 Å². The molecular formula is C24H23N9O2S3. The smallest absolute Gasteiger partial charge is 0.236 e. The zero-order valence-electron chi connectivity index (χ0n) is 20.8. The molecule has 1 atom stereocenters. The number of amides is 1. The van der Waals surface area contributed by atoms with E-state index in [1.54, 1.807) is 23.4 Å². The van der Waals surface area contributed by atoms with Gasteiger partial charge in [-0.25, -0.2) is 0 Å². The fraction of sp³-hybridized carbons (Fsp3) is 0.333. The minimum absolute atomic E-state index is 0.0296. The van der Waals surface area contributed by atoms with E-state index in [1.165, 1.54) is 34.4 Å². The molecule has 194 valence electrons. The lowest BCUT2D eigenvalue weighted by atomic mass is 9.69. The van der Waals surface area contributed by atoms with Crippen molar-refractivity contribution in [3.63, 3.8) is 0 Å². The van der Waals surface area contributed by atoms with Crippen molar-refractivity contribution in [1.82, 2.24) is 25.4 Å². The Hall–Kier alpha value is -3.67. The monoisotopic (exact) mass is 565 g/mol. The second-order valence-electron chi connectivity index (χ2n) is 9.58. The molecule has 2 aliphatic rings. The Bertz CT molecular complexity index is 1520. The normalized spacial score (nSPS) is 18.8. The van der Waals surface area contributed by atoms with Gasteiger partial charge in [-0.15, -0.1) is 20.4 Å². The molecule has 0 saturated carbocycles. The highest BCUT2D eigenvalue weighted by atomic mass is 32.2. The molecule has 0 spiro atoms. The molecule has 1 aliphatic heterocycles. The van der Waals surface area contributed by atoms with Gasteiger partial charge >= 0.3 is 0 Å². The lowest BCUT2D eigenvalue weighted by molar-refractivity contribution is -0.118. The van der Waals surface area contributed by atoms with Crippen LogP contribution in [0.25, 0.3) is 0 Å². The van der Waals surface area contributed by atoms with E-state index in [2.05, 4.69) is 36.8 Å². The van der Waals surface area contributed by atoms with E-state index in [1.807, 2.05) is 26.8 Å². The van der Waals surface area contributed by atoms with E-state index in [9.17, 15) is 14.9 Å². The molecule has 5 rings (SSSR count). The van der Waals surface area contributed by atoms with Crippen molar-refractivity contribution in [2.75, 3.05) is 16.0 Å². The third-order valence-corrected chi connectivity index (χ3v) is 8.88. The number of anilines is 2. The highest BCUT2D eigenvalue weighted by molar-refractivity contribution is 8.01. The molecule has 1 unspecified atom stereocenters. The Morgan fingerprint density at radius 2 is 2.11 bits per heavy atom. The zero-order chi connectivity index (χ0) is 27.0. The number of aryl methyl sites for hydroxylation is 1. The molecule has 14 heteroatoms. The predicted octanol–water partition coefficient (Wildman–Crippen LogP) is 3.76. The SMILES string of the molecule is Cc1nnc(NC(=O)CSc2nnc(N3C(N)=C(C#N)C(c4cccnc4)C4=C3CC(C)(C)CC4=O)s2)s1. The summed E-state index contributed by atoms with van der Waals surface area (Å²) in [7, 11) is 0. The number of nitrogens with two attached hydrogens (primary N) is 1. The number of pyridine rings is 1. The molecule has 0 radical (unpaired) electrons. The van der Waals surface area contributed by atoms with Crippen LogP contribution in [0.1, 0.15) is 43.2 Å².